The van der Waals surface area contributed by atoms with Crippen LogP contribution in [0.4, 0.5) is 0 Å². The Bertz CT molecular complexity index is 1160. The molecule has 0 saturated heterocycles. The number of rotatable bonds is 5. The molecule has 4 aromatic rings. The van der Waals surface area contributed by atoms with Crippen LogP contribution in [0, 0.1) is 0 Å². The monoisotopic (exact) mass is 394 g/mol. The zero-order valence-electron chi connectivity index (χ0n) is 14.0. The normalized spacial score (nSPS) is 11.3. The van der Waals surface area contributed by atoms with Gasteiger partial charge in [-0.05, 0) is 34.0 Å². The maximum absolute atomic E-state index is 12.5. The molecule has 0 radical (unpaired) electrons. The van der Waals surface area contributed by atoms with Crippen LogP contribution in [0.25, 0.3) is 27.4 Å². The molecule has 0 saturated carbocycles. The lowest BCUT2D eigenvalue weighted by atomic mass is 10.1. The third-order valence-corrected chi connectivity index (χ3v) is 5.46. The van der Waals surface area contributed by atoms with Crippen LogP contribution >= 0.6 is 22.7 Å². The van der Waals surface area contributed by atoms with Gasteiger partial charge in [-0.1, -0.05) is 30.3 Å². The summed E-state index contributed by atoms with van der Waals surface area (Å²) in [4.78, 5) is 32.1. The Morgan fingerprint density at radius 2 is 2.04 bits per heavy atom. The molecule has 0 unspecified atom stereocenters. The van der Waals surface area contributed by atoms with Crippen LogP contribution in [0.15, 0.2) is 63.4 Å². The molecule has 4 rings (SSSR count). The molecular weight excluding hydrogens is 380 g/mol. The number of fused-ring (bicyclic) bond motifs is 1. The van der Waals surface area contributed by atoms with Crippen molar-refractivity contribution in [2.45, 2.75) is 6.61 Å². The molecular formula is C20H14N2O3S2. The first-order chi connectivity index (χ1) is 13.2. The first-order valence-electron chi connectivity index (χ1n) is 8.13. The summed E-state index contributed by atoms with van der Waals surface area (Å²) in [6.45, 7) is -0.0867. The van der Waals surface area contributed by atoms with Gasteiger partial charge in [0.25, 0.3) is 5.56 Å². The van der Waals surface area contributed by atoms with E-state index in [2.05, 4.69) is 9.97 Å². The number of aromatic amines is 1. The topological polar surface area (TPSA) is 72.0 Å². The summed E-state index contributed by atoms with van der Waals surface area (Å²) < 4.78 is 5.17. The highest BCUT2D eigenvalue weighted by Gasteiger charge is 2.13. The molecule has 3 aromatic heterocycles. The lowest BCUT2D eigenvalue weighted by Crippen LogP contribution is -2.13. The smallest absolute Gasteiger partial charge is 0.331 e. The summed E-state index contributed by atoms with van der Waals surface area (Å²) in [6.07, 6.45) is 3.04. The van der Waals surface area contributed by atoms with E-state index in [0.717, 1.165) is 16.7 Å². The van der Waals surface area contributed by atoms with E-state index in [1.165, 1.54) is 17.4 Å². The van der Waals surface area contributed by atoms with Gasteiger partial charge in [0.15, 0.2) is 0 Å². The van der Waals surface area contributed by atoms with Gasteiger partial charge in [0.05, 0.1) is 5.39 Å². The van der Waals surface area contributed by atoms with Gasteiger partial charge in [-0.3, -0.25) is 4.79 Å². The summed E-state index contributed by atoms with van der Waals surface area (Å²) in [7, 11) is 0. The molecule has 0 fully saturated rings. The number of nitrogens with one attached hydrogen (secondary N) is 1. The van der Waals surface area contributed by atoms with Gasteiger partial charge in [0.2, 0.25) is 0 Å². The summed E-state index contributed by atoms with van der Waals surface area (Å²) in [5.41, 5.74) is 2.53. The number of thiophene rings is 2. The predicted octanol–water partition coefficient (Wildman–Crippen LogP) is 4.47. The van der Waals surface area contributed by atoms with Gasteiger partial charge in [0, 0.05) is 17.0 Å². The van der Waals surface area contributed by atoms with Crippen LogP contribution in [0.2, 0.25) is 0 Å². The molecule has 0 bridgehead atoms. The first-order valence-corrected chi connectivity index (χ1v) is 9.96. The minimum Gasteiger partial charge on any atom is -0.454 e. The highest BCUT2D eigenvalue weighted by atomic mass is 32.1. The molecule has 0 aliphatic rings. The number of aromatic nitrogens is 2. The molecule has 0 aliphatic carbocycles. The molecule has 0 spiro atoms. The first kappa shape index (κ1) is 17.4. The zero-order valence-corrected chi connectivity index (χ0v) is 15.7. The Hall–Kier alpha value is -3.03. The predicted molar refractivity (Wildman–Crippen MR) is 109 cm³/mol. The molecule has 134 valence electrons. The average Bonchev–Trinajstić information content (AvgIpc) is 3.35. The summed E-state index contributed by atoms with van der Waals surface area (Å²) >= 11 is 2.95. The number of hydrogen-bond donors (Lipinski definition) is 1. The van der Waals surface area contributed by atoms with Crippen molar-refractivity contribution in [3.8, 4) is 11.1 Å². The minimum absolute atomic E-state index is 0.0867. The van der Waals surface area contributed by atoms with Crippen molar-refractivity contribution in [1.82, 2.24) is 9.97 Å². The van der Waals surface area contributed by atoms with Crippen LogP contribution in [0.3, 0.4) is 0 Å². The van der Waals surface area contributed by atoms with Gasteiger partial charge in [-0.2, -0.15) is 11.3 Å². The second-order valence-corrected chi connectivity index (χ2v) is 7.34. The lowest BCUT2D eigenvalue weighted by Gasteiger charge is -2.03. The van der Waals surface area contributed by atoms with Gasteiger partial charge in [-0.25, -0.2) is 9.78 Å². The van der Waals surface area contributed by atoms with Crippen LogP contribution in [0.1, 0.15) is 11.4 Å². The number of ether oxygens (including phenoxy) is 1. The Labute approximate surface area is 162 Å². The van der Waals surface area contributed by atoms with E-state index < -0.39 is 5.97 Å². The van der Waals surface area contributed by atoms with Gasteiger partial charge in [-0.15, -0.1) is 11.3 Å². The van der Waals surface area contributed by atoms with Gasteiger partial charge in [0.1, 0.15) is 17.3 Å². The molecule has 7 heteroatoms. The fourth-order valence-electron chi connectivity index (χ4n) is 2.61. The van der Waals surface area contributed by atoms with Crippen molar-refractivity contribution in [2.75, 3.05) is 0 Å². The van der Waals surface area contributed by atoms with Crippen molar-refractivity contribution >= 4 is 44.9 Å². The van der Waals surface area contributed by atoms with E-state index in [9.17, 15) is 9.59 Å². The van der Waals surface area contributed by atoms with Crippen LogP contribution in [0.5, 0.6) is 0 Å². The second kappa shape index (κ2) is 7.69. The maximum Gasteiger partial charge on any atom is 0.331 e. The highest BCUT2D eigenvalue weighted by molar-refractivity contribution is 7.17. The third kappa shape index (κ3) is 3.89. The minimum atomic E-state index is -0.486. The Morgan fingerprint density at radius 1 is 1.19 bits per heavy atom. The second-order valence-electron chi connectivity index (χ2n) is 5.71. The summed E-state index contributed by atoms with van der Waals surface area (Å²) in [5.74, 6) is -0.161. The number of carbonyl (C=O) groups is 1. The largest absolute Gasteiger partial charge is 0.454 e. The van der Waals surface area contributed by atoms with E-state index in [0.29, 0.717) is 16.0 Å². The number of H-pyrrole nitrogens is 1. The van der Waals surface area contributed by atoms with Crippen molar-refractivity contribution < 1.29 is 9.53 Å². The van der Waals surface area contributed by atoms with E-state index in [-0.39, 0.29) is 12.2 Å². The molecule has 0 aliphatic heterocycles. The lowest BCUT2D eigenvalue weighted by molar-refractivity contribution is -0.139. The molecule has 1 aromatic carbocycles. The standard InChI is InChI=1S/C20H14N2O3S2/c23-17(7-6-13-8-9-26-11-13)25-10-16-21-19(24)18-15(12-27-20(18)22-16)14-4-2-1-3-5-14/h1-9,11-12H,10H2,(H,21,22,24)/b7-6+. The van der Waals surface area contributed by atoms with Gasteiger partial charge >= 0.3 is 5.97 Å². The quantitative estimate of drug-likeness (QED) is 0.400. The molecule has 3 heterocycles. The van der Waals surface area contributed by atoms with Crippen LogP contribution < -0.4 is 5.56 Å². The number of carbonyl (C=O) groups excluding carboxylic acids is 1. The zero-order chi connectivity index (χ0) is 18.6. The van der Waals surface area contributed by atoms with Crippen molar-refractivity contribution in [3.63, 3.8) is 0 Å². The Morgan fingerprint density at radius 3 is 2.81 bits per heavy atom. The number of hydrogen-bond acceptors (Lipinski definition) is 6. The van der Waals surface area contributed by atoms with Crippen LogP contribution in [-0.2, 0) is 16.1 Å². The van der Waals surface area contributed by atoms with Crippen molar-refractivity contribution in [1.29, 1.82) is 0 Å². The highest BCUT2D eigenvalue weighted by Crippen LogP contribution is 2.30. The summed E-state index contributed by atoms with van der Waals surface area (Å²) in [6, 6.07) is 11.6. The fourth-order valence-corrected chi connectivity index (χ4v) is 4.21. The van der Waals surface area contributed by atoms with Gasteiger partial charge < -0.3 is 9.72 Å². The van der Waals surface area contributed by atoms with E-state index in [1.807, 2.05) is 52.5 Å². The summed E-state index contributed by atoms with van der Waals surface area (Å²) in [5, 5.41) is 6.33. The van der Waals surface area contributed by atoms with Crippen molar-refractivity contribution in [2.24, 2.45) is 0 Å². The Kier molecular flexibility index (Phi) is 4.95. The molecule has 0 amide bonds. The SMILES string of the molecule is O=C(/C=C/c1ccsc1)OCc1nc2scc(-c3ccccc3)c2c(=O)[nH]1. The number of esters is 1. The molecule has 0 atom stereocenters. The number of nitrogens with zero attached hydrogens (tertiary/aromatic N) is 1. The van der Waals surface area contributed by atoms with Crippen molar-refractivity contribution in [3.05, 3.63) is 80.4 Å². The third-order valence-electron chi connectivity index (χ3n) is 3.88. The number of benzene rings is 1. The Balaban J connectivity index is 1.52. The van der Waals surface area contributed by atoms with E-state index >= 15 is 0 Å². The maximum atomic E-state index is 12.5. The molecule has 1 N–H and O–H groups in total. The average molecular weight is 394 g/mol. The fraction of sp³-hybridized carbons (Fsp3) is 0.0500. The van der Waals surface area contributed by atoms with Crippen LogP contribution in [-0.4, -0.2) is 15.9 Å². The van der Waals surface area contributed by atoms with E-state index in [4.69, 9.17) is 4.74 Å². The van der Waals surface area contributed by atoms with E-state index in [1.54, 1.807) is 17.4 Å². The molecule has 27 heavy (non-hydrogen) atoms. The molecule has 5 nitrogen and oxygen atoms in total.